The van der Waals surface area contributed by atoms with Crippen LogP contribution in [0.3, 0.4) is 0 Å². The smallest absolute Gasteiger partial charge is 0.261 e. The molecule has 28 heavy (non-hydrogen) atoms. The minimum absolute atomic E-state index is 0.173. The van der Waals surface area contributed by atoms with E-state index in [4.69, 9.17) is 0 Å². The lowest BCUT2D eigenvalue weighted by molar-refractivity contribution is 0.102. The monoisotopic (exact) mass is 394 g/mol. The van der Waals surface area contributed by atoms with E-state index in [9.17, 15) is 13.2 Å². The second kappa shape index (κ2) is 7.86. The molecule has 0 saturated heterocycles. The second-order valence-corrected chi connectivity index (χ2v) is 8.40. The van der Waals surface area contributed by atoms with Crippen molar-refractivity contribution in [3.8, 4) is 0 Å². The van der Waals surface area contributed by atoms with Crippen molar-refractivity contribution in [3.63, 3.8) is 0 Å². The number of hydrogen-bond donors (Lipinski definition) is 2. The first kappa shape index (κ1) is 19.6. The average Bonchev–Trinajstić information content (AvgIpc) is 2.63. The maximum Gasteiger partial charge on any atom is 0.261 e. The Morgan fingerprint density at radius 3 is 2.18 bits per heavy atom. The summed E-state index contributed by atoms with van der Waals surface area (Å²) in [5.74, 6) is -0.292. The molecule has 0 aromatic heterocycles. The molecule has 0 atom stereocenters. The van der Waals surface area contributed by atoms with Crippen molar-refractivity contribution < 1.29 is 13.2 Å². The second-order valence-electron chi connectivity index (χ2n) is 6.72. The van der Waals surface area contributed by atoms with Crippen molar-refractivity contribution >= 4 is 27.3 Å². The van der Waals surface area contributed by atoms with Gasteiger partial charge in [-0.3, -0.25) is 9.52 Å². The van der Waals surface area contributed by atoms with Gasteiger partial charge in [-0.05, 0) is 68.3 Å². The zero-order chi connectivity index (χ0) is 20.3. The van der Waals surface area contributed by atoms with E-state index < -0.39 is 10.0 Å². The van der Waals surface area contributed by atoms with Gasteiger partial charge in [0.2, 0.25) is 0 Å². The fraction of sp³-hybridized carbons (Fsp3) is 0.136. The summed E-state index contributed by atoms with van der Waals surface area (Å²) >= 11 is 0. The van der Waals surface area contributed by atoms with Gasteiger partial charge in [-0.15, -0.1) is 0 Å². The Morgan fingerprint density at radius 1 is 0.821 bits per heavy atom. The Morgan fingerprint density at radius 2 is 1.50 bits per heavy atom. The largest absolute Gasteiger partial charge is 0.322 e. The molecule has 0 aliphatic carbocycles. The standard InChI is InChI=1S/C22H22N2O3S/c1-15-10-12-19(13-11-15)28(26,27)24-21-9-5-8-20(17(21)3)22(25)23-18-7-4-6-16(2)14-18/h4-14,24H,1-3H3,(H,23,25). The molecule has 0 fully saturated rings. The first-order valence-electron chi connectivity index (χ1n) is 8.83. The molecule has 3 rings (SSSR count). The Balaban J connectivity index is 1.86. The van der Waals surface area contributed by atoms with Gasteiger partial charge in [0.15, 0.2) is 0 Å². The quantitative estimate of drug-likeness (QED) is 0.661. The van der Waals surface area contributed by atoms with Gasteiger partial charge >= 0.3 is 0 Å². The summed E-state index contributed by atoms with van der Waals surface area (Å²) in [4.78, 5) is 12.9. The number of aryl methyl sites for hydroxylation is 2. The molecule has 6 heteroatoms. The number of sulfonamides is 1. The maximum absolute atomic E-state index is 12.7. The highest BCUT2D eigenvalue weighted by Crippen LogP contribution is 2.24. The van der Waals surface area contributed by atoms with Crippen LogP contribution in [-0.2, 0) is 10.0 Å². The maximum atomic E-state index is 12.7. The van der Waals surface area contributed by atoms with Gasteiger partial charge in [-0.1, -0.05) is 35.9 Å². The third-order valence-corrected chi connectivity index (χ3v) is 5.81. The molecule has 0 bridgehead atoms. The normalized spacial score (nSPS) is 11.1. The van der Waals surface area contributed by atoms with Crippen molar-refractivity contribution in [2.75, 3.05) is 10.0 Å². The Hall–Kier alpha value is -3.12. The summed E-state index contributed by atoms with van der Waals surface area (Å²) in [5.41, 5.74) is 4.04. The number of rotatable bonds is 5. The molecule has 0 radical (unpaired) electrons. The minimum atomic E-state index is -3.74. The number of benzene rings is 3. The number of amides is 1. The van der Waals surface area contributed by atoms with Crippen molar-refractivity contribution in [3.05, 3.63) is 89.0 Å². The van der Waals surface area contributed by atoms with E-state index in [0.717, 1.165) is 11.1 Å². The van der Waals surface area contributed by atoms with Crippen LogP contribution in [0, 0.1) is 20.8 Å². The zero-order valence-electron chi connectivity index (χ0n) is 16.0. The summed E-state index contributed by atoms with van der Waals surface area (Å²) in [7, 11) is -3.74. The summed E-state index contributed by atoms with van der Waals surface area (Å²) in [6.45, 7) is 5.56. The van der Waals surface area contributed by atoms with Crippen molar-refractivity contribution in [2.45, 2.75) is 25.7 Å². The SMILES string of the molecule is Cc1ccc(S(=O)(=O)Nc2cccc(C(=O)Nc3cccc(C)c3)c2C)cc1. The van der Waals surface area contributed by atoms with Crippen molar-refractivity contribution in [1.29, 1.82) is 0 Å². The predicted octanol–water partition coefficient (Wildman–Crippen LogP) is 4.66. The van der Waals surface area contributed by atoms with Gasteiger partial charge < -0.3 is 5.32 Å². The van der Waals surface area contributed by atoms with E-state index in [-0.39, 0.29) is 10.8 Å². The number of anilines is 2. The van der Waals surface area contributed by atoms with Gasteiger partial charge in [0.25, 0.3) is 15.9 Å². The van der Waals surface area contributed by atoms with Crippen LogP contribution < -0.4 is 10.0 Å². The van der Waals surface area contributed by atoms with Gasteiger partial charge in [0.05, 0.1) is 10.6 Å². The highest BCUT2D eigenvalue weighted by molar-refractivity contribution is 7.92. The fourth-order valence-corrected chi connectivity index (χ4v) is 3.96. The Labute approximate surface area is 165 Å². The Bertz CT molecular complexity index is 1120. The molecule has 0 spiro atoms. The highest BCUT2D eigenvalue weighted by Gasteiger charge is 2.18. The molecule has 144 valence electrons. The first-order chi connectivity index (χ1) is 13.3. The van der Waals surface area contributed by atoms with Crippen LogP contribution in [-0.4, -0.2) is 14.3 Å². The molecule has 3 aromatic carbocycles. The van der Waals surface area contributed by atoms with Crippen LogP contribution >= 0.6 is 0 Å². The lowest BCUT2D eigenvalue weighted by Crippen LogP contribution is -2.17. The molecular weight excluding hydrogens is 372 g/mol. The summed E-state index contributed by atoms with van der Waals surface area (Å²) in [5, 5.41) is 2.85. The summed E-state index contributed by atoms with van der Waals surface area (Å²) < 4.78 is 27.9. The van der Waals surface area contributed by atoms with E-state index in [1.807, 2.05) is 38.1 Å². The van der Waals surface area contributed by atoms with E-state index in [0.29, 0.717) is 22.5 Å². The molecule has 3 aromatic rings. The molecule has 2 N–H and O–H groups in total. The third-order valence-electron chi connectivity index (χ3n) is 4.43. The average molecular weight is 394 g/mol. The molecule has 5 nitrogen and oxygen atoms in total. The number of nitrogens with one attached hydrogen (secondary N) is 2. The number of carbonyl (C=O) groups is 1. The lowest BCUT2D eigenvalue weighted by Gasteiger charge is -2.14. The fourth-order valence-electron chi connectivity index (χ4n) is 2.83. The Kier molecular flexibility index (Phi) is 5.51. The molecule has 0 unspecified atom stereocenters. The van der Waals surface area contributed by atoms with Crippen molar-refractivity contribution in [2.24, 2.45) is 0 Å². The molecule has 0 saturated carbocycles. The summed E-state index contributed by atoms with van der Waals surface area (Å²) in [6.07, 6.45) is 0. The minimum Gasteiger partial charge on any atom is -0.322 e. The van der Waals surface area contributed by atoms with Crippen LogP contribution in [0.5, 0.6) is 0 Å². The molecular formula is C22H22N2O3S. The van der Waals surface area contributed by atoms with Gasteiger partial charge in [-0.25, -0.2) is 8.42 Å². The van der Waals surface area contributed by atoms with Gasteiger partial charge in [-0.2, -0.15) is 0 Å². The van der Waals surface area contributed by atoms with Crippen molar-refractivity contribution in [1.82, 2.24) is 0 Å². The number of hydrogen-bond acceptors (Lipinski definition) is 3. The predicted molar refractivity (Wildman–Crippen MR) is 112 cm³/mol. The van der Waals surface area contributed by atoms with E-state index in [1.54, 1.807) is 49.4 Å². The van der Waals surface area contributed by atoms with Gasteiger partial charge in [0, 0.05) is 11.3 Å². The van der Waals surface area contributed by atoms with E-state index >= 15 is 0 Å². The lowest BCUT2D eigenvalue weighted by atomic mass is 10.1. The molecule has 0 heterocycles. The molecule has 0 aliphatic rings. The molecule has 1 amide bonds. The van der Waals surface area contributed by atoms with E-state index in [1.165, 1.54) is 0 Å². The van der Waals surface area contributed by atoms with Crippen LogP contribution in [0.4, 0.5) is 11.4 Å². The third kappa shape index (κ3) is 4.40. The van der Waals surface area contributed by atoms with E-state index in [2.05, 4.69) is 10.0 Å². The highest BCUT2D eigenvalue weighted by atomic mass is 32.2. The molecule has 0 aliphatic heterocycles. The topological polar surface area (TPSA) is 75.3 Å². The van der Waals surface area contributed by atoms with Crippen LogP contribution in [0.2, 0.25) is 0 Å². The summed E-state index contributed by atoms with van der Waals surface area (Å²) in [6, 6.07) is 19.1. The van der Waals surface area contributed by atoms with Crippen LogP contribution in [0.25, 0.3) is 0 Å². The van der Waals surface area contributed by atoms with Gasteiger partial charge in [0.1, 0.15) is 0 Å². The number of carbonyl (C=O) groups excluding carboxylic acids is 1. The first-order valence-corrected chi connectivity index (χ1v) is 10.3. The van der Waals surface area contributed by atoms with Crippen LogP contribution in [0.1, 0.15) is 27.0 Å². The zero-order valence-corrected chi connectivity index (χ0v) is 16.8. The van der Waals surface area contributed by atoms with Crippen LogP contribution in [0.15, 0.2) is 71.6 Å².